The highest BCUT2D eigenvalue weighted by Gasteiger charge is 2.63. The number of fused-ring (bicyclic) bond motifs is 16. The second kappa shape index (κ2) is 26.9. The quantitative estimate of drug-likeness (QED) is 0.148. The molecule has 15 aromatic carbocycles. The normalized spacial score (nSPS) is 23.4. The molecule has 4 heteroatoms. The zero-order valence-corrected chi connectivity index (χ0v) is 68.0. The van der Waals surface area contributed by atoms with E-state index in [1.807, 2.05) is 0 Å². The van der Waals surface area contributed by atoms with Gasteiger partial charge in [0.15, 0.2) is 0 Å². The smallest absolute Gasteiger partial charge is 0.0547 e. The number of para-hydroxylation sites is 3. The van der Waals surface area contributed by atoms with Gasteiger partial charge in [-0.15, -0.1) is 0 Å². The fraction of sp³-hybridized carbons (Fsp3) is 0.179. The van der Waals surface area contributed by atoms with Crippen LogP contribution in [0.15, 0.2) is 371 Å². The van der Waals surface area contributed by atoms with Crippen LogP contribution in [0.3, 0.4) is 0 Å². The van der Waals surface area contributed by atoms with Crippen LogP contribution in [0.25, 0.3) is 155 Å². The number of rotatable bonds is 8. The molecule has 1 aliphatic heterocycles. The van der Waals surface area contributed by atoms with Gasteiger partial charge in [0.1, 0.15) is 0 Å². The van der Waals surface area contributed by atoms with E-state index in [2.05, 4.69) is 383 Å². The summed E-state index contributed by atoms with van der Waals surface area (Å²) in [5, 5.41) is 7.65. The van der Waals surface area contributed by atoms with E-state index in [0.29, 0.717) is 0 Å². The van der Waals surface area contributed by atoms with Crippen LogP contribution < -0.4 is 4.90 Å². The summed E-state index contributed by atoms with van der Waals surface area (Å²) in [6.45, 7) is 5.51. The molecule has 11 aliphatic rings. The van der Waals surface area contributed by atoms with Crippen LogP contribution in [0.5, 0.6) is 0 Å². The maximum absolute atomic E-state index is 4.75. The number of allylic oxidation sites excluding steroid dienone is 4. The number of hydrogen-bond acceptors (Lipinski definition) is 1. The van der Waals surface area contributed by atoms with E-state index in [0.717, 1.165) is 65.1 Å². The summed E-state index contributed by atoms with van der Waals surface area (Å²) in [5.74, 6) is 6.80. The van der Waals surface area contributed by atoms with Crippen molar-refractivity contribution < 1.29 is 0 Å². The molecule has 0 amide bonds. The molecule has 121 heavy (non-hydrogen) atoms. The molecule has 29 rings (SSSR count). The third kappa shape index (κ3) is 10.3. The number of anilines is 2. The largest absolute Gasteiger partial charge is 0.337 e. The van der Waals surface area contributed by atoms with Gasteiger partial charge in [0.05, 0.1) is 33.1 Å². The van der Waals surface area contributed by atoms with Crippen molar-refractivity contribution in [2.24, 2.45) is 47.3 Å². The van der Waals surface area contributed by atoms with E-state index in [9.17, 15) is 0 Å². The van der Waals surface area contributed by atoms with Crippen LogP contribution in [0.2, 0.25) is 0 Å². The zero-order valence-electron chi connectivity index (χ0n) is 68.0. The Balaban J connectivity index is 0.000000131. The van der Waals surface area contributed by atoms with Crippen molar-refractivity contribution in [2.75, 3.05) is 11.4 Å². The second-order valence-corrected chi connectivity index (χ2v) is 37.1. The van der Waals surface area contributed by atoms with Crippen molar-refractivity contribution in [1.82, 2.24) is 13.7 Å². The lowest BCUT2D eigenvalue weighted by atomic mass is 9.43. The predicted octanol–water partition coefficient (Wildman–Crippen LogP) is 30.1. The fourth-order valence-electron chi connectivity index (χ4n) is 27.1. The van der Waals surface area contributed by atoms with Crippen molar-refractivity contribution in [3.8, 4) is 83.8 Å². The Kier molecular flexibility index (Phi) is 15.5. The SMILES string of the molecule is C=C1/C=C\C=C/CN(c2ccc3c(c2)-c2ccccc2C32C3CC4CC(C3)CC2C4)c2cccc(-c3ccc4c5ccccc5n(-c5cccc(-c6ccccc6)c5)c4c3)c21.c1ccc(-c2cccc(-n3c4ccccc4c4cc(-c5cccc6c5c5ccccc5n6-c5ccc6c(c5)-c5ccccc5C65C6CC7CC(C6)CC5C7)ccc43)c2)cc1. The van der Waals surface area contributed by atoms with Crippen molar-refractivity contribution in [3.05, 3.63) is 398 Å². The third-order valence-corrected chi connectivity index (χ3v) is 31.2. The highest BCUT2D eigenvalue weighted by molar-refractivity contribution is 6.18. The molecule has 0 unspecified atom stereocenters. The zero-order chi connectivity index (χ0) is 79.3. The van der Waals surface area contributed by atoms with E-state index < -0.39 is 0 Å². The molecule has 8 fully saturated rings. The van der Waals surface area contributed by atoms with Crippen LogP contribution >= 0.6 is 0 Å². The highest BCUT2D eigenvalue weighted by Crippen LogP contribution is 2.72. The van der Waals surface area contributed by atoms with Crippen LogP contribution in [0.1, 0.15) is 92.0 Å². The van der Waals surface area contributed by atoms with Crippen molar-refractivity contribution in [1.29, 1.82) is 0 Å². The van der Waals surface area contributed by atoms with Crippen molar-refractivity contribution >= 4 is 82.4 Å². The molecule has 0 radical (unpaired) electrons. The Bertz CT molecular complexity index is 7380. The van der Waals surface area contributed by atoms with Crippen LogP contribution in [0.4, 0.5) is 11.4 Å². The molecule has 4 nitrogen and oxygen atoms in total. The monoisotopic (exact) mass is 1550 g/mol. The van der Waals surface area contributed by atoms with Crippen molar-refractivity contribution in [2.45, 2.75) is 75.0 Å². The molecule has 18 aromatic rings. The minimum atomic E-state index is 0.165. The Labute approximate surface area is 707 Å². The van der Waals surface area contributed by atoms with Crippen LogP contribution in [0, 0.1) is 47.3 Å². The van der Waals surface area contributed by atoms with E-state index in [-0.39, 0.29) is 10.8 Å². The number of aromatic nitrogens is 3. The first-order valence-corrected chi connectivity index (χ1v) is 44.7. The molecule has 3 aromatic heterocycles. The van der Waals surface area contributed by atoms with Gasteiger partial charge in [-0.05, 0) is 303 Å². The summed E-state index contributed by atoms with van der Waals surface area (Å²) >= 11 is 0. The van der Waals surface area contributed by atoms with Crippen molar-refractivity contribution in [3.63, 3.8) is 0 Å². The Morgan fingerprint density at radius 2 is 0.678 bits per heavy atom. The average Bonchev–Trinajstić information content (AvgIpc) is 1.53. The van der Waals surface area contributed by atoms with Crippen LogP contribution in [-0.4, -0.2) is 20.2 Å². The molecular formula is C117H92N4. The van der Waals surface area contributed by atoms with Gasteiger partial charge in [-0.2, -0.15) is 0 Å². The second-order valence-electron chi connectivity index (χ2n) is 37.1. The minimum Gasteiger partial charge on any atom is -0.337 e. The van der Waals surface area contributed by atoms with E-state index in [4.69, 9.17) is 6.58 Å². The van der Waals surface area contributed by atoms with Gasteiger partial charge in [0.2, 0.25) is 0 Å². The van der Waals surface area contributed by atoms with Gasteiger partial charge in [-0.25, -0.2) is 0 Å². The third-order valence-electron chi connectivity index (χ3n) is 31.2. The van der Waals surface area contributed by atoms with Gasteiger partial charge in [0, 0.05) is 83.7 Å². The average molecular weight is 1550 g/mol. The molecule has 8 bridgehead atoms. The van der Waals surface area contributed by atoms with E-state index >= 15 is 0 Å². The molecule has 2 spiro atoms. The standard InChI is InChI=1S/C59H48N2.C58H44N2/c1-38-14-4-3-11-29-60(46-26-28-54-52(37-46)49-19-7-9-22-53(49)59(54)44-31-39-30-40(33-44)34-45(59)32-39)56-24-13-21-48(58(38)56)43-25-27-51-50-20-8-10-23-55(50)61(57(51)36-43)47-18-12-17-42(35-47)41-15-5-2-6-16-41;1-2-12-38(13-3-1)39-14-10-15-43(33-39)59-53-21-8-5-17-47(53)50-34-40(24-27-55(50)59)45-19-11-23-56-57(45)48-18-6-9-22-54(48)60(56)44-25-26-52-49(35-44)46-16-4-7-20-51(46)58(52)41-29-36-28-37(31-41)32-42(58)30-36/h2-28,35-37,39-40,44-45H,1,29-34H2;1-27,33-37,41-42H,28-32H2/b11-3-,14-4-;. The molecule has 0 atom stereocenters. The summed E-state index contributed by atoms with van der Waals surface area (Å²) in [7, 11) is 0. The summed E-state index contributed by atoms with van der Waals surface area (Å²) in [5.41, 5.74) is 37.9. The van der Waals surface area contributed by atoms with Crippen LogP contribution in [-0.2, 0) is 10.8 Å². The lowest BCUT2D eigenvalue weighted by Gasteiger charge is -2.61. The van der Waals surface area contributed by atoms with E-state index in [1.54, 1.807) is 22.3 Å². The van der Waals surface area contributed by atoms with Gasteiger partial charge >= 0.3 is 0 Å². The molecular weight excluding hydrogens is 1460 g/mol. The lowest BCUT2D eigenvalue weighted by molar-refractivity contribution is -0.0399. The maximum atomic E-state index is 4.75. The summed E-state index contributed by atoms with van der Waals surface area (Å²) in [4.78, 5) is 2.53. The first-order chi connectivity index (χ1) is 59.8. The number of nitrogens with zero attached hydrogens (tertiary/aromatic N) is 4. The topological polar surface area (TPSA) is 18.0 Å². The van der Waals surface area contributed by atoms with Gasteiger partial charge in [-0.3, -0.25) is 0 Å². The molecule has 8 saturated carbocycles. The Morgan fingerprint density at radius 3 is 1.29 bits per heavy atom. The lowest BCUT2D eigenvalue weighted by Crippen LogP contribution is -2.55. The highest BCUT2D eigenvalue weighted by atomic mass is 15.1. The first kappa shape index (κ1) is 69.6. The van der Waals surface area contributed by atoms with E-state index in [1.165, 1.54) is 225 Å². The molecule has 10 aliphatic carbocycles. The summed E-state index contributed by atoms with van der Waals surface area (Å²) in [6.07, 6.45) is 23.0. The van der Waals surface area contributed by atoms with Gasteiger partial charge in [0.25, 0.3) is 0 Å². The summed E-state index contributed by atoms with van der Waals surface area (Å²) < 4.78 is 7.43. The molecule has 0 saturated heterocycles. The van der Waals surface area contributed by atoms with Gasteiger partial charge < -0.3 is 18.6 Å². The summed E-state index contributed by atoms with van der Waals surface area (Å²) in [6, 6.07) is 128. The molecule has 0 N–H and O–H groups in total. The maximum Gasteiger partial charge on any atom is 0.0547 e. The number of hydrogen-bond donors (Lipinski definition) is 0. The minimum absolute atomic E-state index is 0.165. The number of benzene rings is 15. The molecule has 4 heterocycles. The fourth-order valence-corrected chi connectivity index (χ4v) is 27.1. The Morgan fingerprint density at radius 1 is 0.256 bits per heavy atom. The van der Waals surface area contributed by atoms with Gasteiger partial charge in [-0.1, -0.05) is 274 Å². The Hall–Kier alpha value is -13.3. The first-order valence-electron chi connectivity index (χ1n) is 44.7. The predicted molar refractivity (Wildman–Crippen MR) is 505 cm³/mol. The molecule has 580 valence electrons.